The molecule has 1 atom stereocenters. The van der Waals surface area contributed by atoms with E-state index in [4.69, 9.17) is 16.3 Å². The van der Waals surface area contributed by atoms with Gasteiger partial charge in [0.25, 0.3) is 0 Å². The van der Waals surface area contributed by atoms with E-state index in [1.165, 1.54) is 0 Å². The summed E-state index contributed by atoms with van der Waals surface area (Å²) in [6, 6.07) is 4.03. The van der Waals surface area contributed by atoms with Gasteiger partial charge in [-0.2, -0.15) is 0 Å². The van der Waals surface area contributed by atoms with Gasteiger partial charge in [0.15, 0.2) is 0 Å². The fourth-order valence-electron chi connectivity index (χ4n) is 1.55. The van der Waals surface area contributed by atoms with E-state index in [1.54, 1.807) is 39.0 Å². The average molecular weight is 379 g/mol. The Hall–Kier alpha value is -1.27. The second-order valence-corrected chi connectivity index (χ2v) is 6.75. The van der Waals surface area contributed by atoms with Crippen molar-refractivity contribution in [2.75, 3.05) is 0 Å². The lowest BCUT2D eigenvalue weighted by Gasteiger charge is -2.22. The highest BCUT2D eigenvalue weighted by molar-refractivity contribution is 9.10. The van der Waals surface area contributed by atoms with Crippen LogP contribution in [0.15, 0.2) is 22.7 Å². The lowest BCUT2D eigenvalue weighted by Crippen LogP contribution is -2.44. The number of carbonyl (C=O) groups excluding carboxylic acids is 1. The molecule has 1 aromatic rings. The third-order valence-electron chi connectivity index (χ3n) is 2.41. The molecule has 0 bridgehead atoms. The first-order chi connectivity index (χ1) is 9.58. The maximum Gasteiger partial charge on any atom is 0.408 e. The molecule has 1 rings (SSSR count). The Morgan fingerprint density at radius 3 is 2.52 bits per heavy atom. The molecule has 0 aliphatic heterocycles. The third kappa shape index (κ3) is 6.35. The van der Waals surface area contributed by atoms with Crippen LogP contribution in [0.4, 0.5) is 4.79 Å². The van der Waals surface area contributed by atoms with Crippen molar-refractivity contribution in [1.29, 1.82) is 0 Å². The van der Waals surface area contributed by atoms with Crippen molar-refractivity contribution in [2.45, 2.75) is 38.8 Å². The molecule has 0 aliphatic rings. The molecule has 0 radical (unpaired) electrons. The van der Waals surface area contributed by atoms with E-state index in [1.807, 2.05) is 0 Å². The number of rotatable bonds is 4. The van der Waals surface area contributed by atoms with E-state index >= 15 is 0 Å². The van der Waals surface area contributed by atoms with Gasteiger partial charge in [-0.1, -0.05) is 17.7 Å². The van der Waals surface area contributed by atoms with Gasteiger partial charge in [0.2, 0.25) is 0 Å². The molecule has 0 spiro atoms. The van der Waals surface area contributed by atoms with Crippen LogP contribution in [0.2, 0.25) is 5.02 Å². The Bertz CT molecular complexity index is 542. The number of benzene rings is 1. The van der Waals surface area contributed by atoms with E-state index in [-0.39, 0.29) is 6.42 Å². The summed E-state index contributed by atoms with van der Waals surface area (Å²) in [5, 5.41) is 12.0. The number of ether oxygens (including phenoxy) is 1. The largest absolute Gasteiger partial charge is 0.480 e. The summed E-state index contributed by atoms with van der Waals surface area (Å²) in [7, 11) is 0. The van der Waals surface area contributed by atoms with Crippen LogP contribution >= 0.6 is 27.5 Å². The number of hydrogen-bond donors (Lipinski definition) is 2. The number of carboxylic acids is 1. The summed E-state index contributed by atoms with van der Waals surface area (Å²) in [5.74, 6) is -1.14. The number of amides is 1. The zero-order valence-electron chi connectivity index (χ0n) is 11.9. The maximum atomic E-state index is 11.7. The van der Waals surface area contributed by atoms with E-state index < -0.39 is 23.7 Å². The smallest absolute Gasteiger partial charge is 0.408 e. The predicted octanol–water partition coefficient (Wildman–Crippen LogP) is 3.62. The maximum absolute atomic E-state index is 11.7. The normalized spacial score (nSPS) is 12.6. The summed E-state index contributed by atoms with van der Waals surface area (Å²) >= 11 is 9.22. The molecular weight excluding hydrogens is 362 g/mol. The first-order valence-electron chi connectivity index (χ1n) is 6.25. The Kier molecular flexibility index (Phi) is 6.04. The van der Waals surface area contributed by atoms with Crippen molar-refractivity contribution >= 4 is 39.6 Å². The molecule has 5 nitrogen and oxygen atoms in total. The monoisotopic (exact) mass is 377 g/mol. The lowest BCUT2D eigenvalue weighted by molar-refractivity contribution is -0.139. The van der Waals surface area contributed by atoms with Crippen LogP contribution in [0.1, 0.15) is 26.3 Å². The fraction of sp³-hybridized carbons (Fsp3) is 0.429. The van der Waals surface area contributed by atoms with Gasteiger partial charge in [0, 0.05) is 10.9 Å². The zero-order valence-corrected chi connectivity index (χ0v) is 14.3. The minimum Gasteiger partial charge on any atom is -0.480 e. The van der Waals surface area contributed by atoms with Gasteiger partial charge < -0.3 is 15.2 Å². The number of carbonyl (C=O) groups is 2. The minimum atomic E-state index is -1.14. The van der Waals surface area contributed by atoms with Crippen LogP contribution in [0, 0.1) is 0 Å². The number of carboxylic acid groups (broad SMARTS) is 1. The fourth-order valence-corrected chi connectivity index (χ4v) is 2.00. The summed E-state index contributed by atoms with van der Waals surface area (Å²) in [6.45, 7) is 5.12. The number of aliphatic carboxylic acids is 1. The molecule has 1 unspecified atom stereocenters. The second kappa shape index (κ2) is 7.13. The van der Waals surface area contributed by atoms with Crippen LogP contribution in [0.5, 0.6) is 0 Å². The summed E-state index contributed by atoms with van der Waals surface area (Å²) < 4.78 is 5.77. The Morgan fingerprint density at radius 1 is 1.43 bits per heavy atom. The van der Waals surface area contributed by atoms with Crippen molar-refractivity contribution in [3.63, 3.8) is 0 Å². The van der Waals surface area contributed by atoms with Crippen molar-refractivity contribution in [3.05, 3.63) is 33.3 Å². The van der Waals surface area contributed by atoms with Crippen LogP contribution < -0.4 is 5.32 Å². The van der Waals surface area contributed by atoms with Crippen LogP contribution in [0.3, 0.4) is 0 Å². The van der Waals surface area contributed by atoms with E-state index in [2.05, 4.69) is 21.2 Å². The van der Waals surface area contributed by atoms with Gasteiger partial charge in [-0.3, -0.25) is 0 Å². The van der Waals surface area contributed by atoms with E-state index in [0.29, 0.717) is 10.6 Å². The highest BCUT2D eigenvalue weighted by Gasteiger charge is 2.24. The van der Waals surface area contributed by atoms with Crippen molar-refractivity contribution < 1.29 is 19.4 Å². The lowest BCUT2D eigenvalue weighted by atomic mass is 10.1. The van der Waals surface area contributed by atoms with Crippen molar-refractivity contribution in [3.8, 4) is 0 Å². The molecule has 0 aromatic heterocycles. The molecule has 0 heterocycles. The van der Waals surface area contributed by atoms with Gasteiger partial charge in [-0.25, -0.2) is 9.59 Å². The van der Waals surface area contributed by atoms with Gasteiger partial charge >= 0.3 is 12.1 Å². The summed E-state index contributed by atoms with van der Waals surface area (Å²) in [5.41, 5.74) is 0.0142. The zero-order chi connectivity index (χ0) is 16.2. The average Bonchev–Trinajstić information content (AvgIpc) is 2.30. The van der Waals surface area contributed by atoms with Crippen molar-refractivity contribution in [2.24, 2.45) is 0 Å². The first-order valence-corrected chi connectivity index (χ1v) is 7.42. The SMILES string of the molecule is CC(C)(C)OC(=O)NC(Cc1ccc(Br)c(Cl)c1)C(=O)O. The van der Waals surface area contributed by atoms with E-state index in [9.17, 15) is 14.7 Å². The Morgan fingerprint density at radius 2 is 2.05 bits per heavy atom. The quantitative estimate of drug-likeness (QED) is 0.839. The van der Waals surface area contributed by atoms with Gasteiger partial charge in [0.05, 0.1) is 5.02 Å². The molecule has 7 heteroatoms. The molecule has 1 aromatic carbocycles. The molecule has 0 saturated heterocycles. The second-order valence-electron chi connectivity index (χ2n) is 5.49. The molecule has 0 fully saturated rings. The molecular formula is C14H17BrClNO4. The predicted molar refractivity (Wildman–Crippen MR) is 83.6 cm³/mol. The van der Waals surface area contributed by atoms with Gasteiger partial charge in [-0.05, 0) is 54.4 Å². The Balaban J connectivity index is 2.76. The molecule has 2 N–H and O–H groups in total. The molecule has 116 valence electrons. The molecule has 1 amide bonds. The molecule has 0 aliphatic carbocycles. The van der Waals surface area contributed by atoms with Crippen LogP contribution in [-0.2, 0) is 16.0 Å². The number of nitrogens with one attached hydrogen (secondary N) is 1. The minimum absolute atomic E-state index is 0.113. The summed E-state index contributed by atoms with van der Waals surface area (Å²) in [6.07, 6.45) is -0.653. The Labute approximate surface area is 136 Å². The highest BCUT2D eigenvalue weighted by Crippen LogP contribution is 2.23. The molecule has 21 heavy (non-hydrogen) atoms. The van der Waals surface area contributed by atoms with Crippen LogP contribution in [-0.4, -0.2) is 28.8 Å². The van der Waals surface area contributed by atoms with Gasteiger partial charge in [0.1, 0.15) is 11.6 Å². The topological polar surface area (TPSA) is 75.6 Å². The number of alkyl carbamates (subject to hydrolysis) is 1. The summed E-state index contributed by atoms with van der Waals surface area (Å²) in [4.78, 5) is 22.9. The number of hydrogen-bond acceptors (Lipinski definition) is 3. The van der Waals surface area contributed by atoms with Crippen LogP contribution in [0.25, 0.3) is 0 Å². The first kappa shape index (κ1) is 17.8. The third-order valence-corrected chi connectivity index (χ3v) is 3.65. The number of halogens is 2. The molecule has 0 saturated carbocycles. The van der Waals surface area contributed by atoms with Gasteiger partial charge in [-0.15, -0.1) is 0 Å². The standard InChI is InChI=1S/C14H17BrClNO4/c1-14(2,3)21-13(20)17-11(12(18)19)7-8-4-5-9(15)10(16)6-8/h4-6,11H,7H2,1-3H3,(H,17,20)(H,18,19). The van der Waals surface area contributed by atoms with Crippen molar-refractivity contribution in [1.82, 2.24) is 5.32 Å². The van der Waals surface area contributed by atoms with E-state index in [0.717, 1.165) is 4.47 Å². The highest BCUT2D eigenvalue weighted by atomic mass is 79.9.